The summed E-state index contributed by atoms with van der Waals surface area (Å²) in [7, 11) is 0. The Morgan fingerprint density at radius 2 is 1.76 bits per heavy atom. The second-order valence-electron chi connectivity index (χ2n) is 7.63. The largest absolute Gasteiger partial charge is 0.451 e. The minimum atomic E-state index is -0.446. The number of hydrogen-bond acceptors (Lipinski definition) is 4. The van der Waals surface area contributed by atoms with Crippen LogP contribution in [0.3, 0.4) is 0 Å². The number of carbonyl (C=O) groups excluding carboxylic acids is 2. The number of rotatable bonds is 6. The lowest BCUT2D eigenvalue weighted by Crippen LogP contribution is -2.18. The van der Waals surface area contributed by atoms with Crippen LogP contribution in [0.25, 0.3) is 21.9 Å². The van der Waals surface area contributed by atoms with Gasteiger partial charge in [0, 0.05) is 38.8 Å². The zero-order valence-electron chi connectivity index (χ0n) is 17.9. The molecule has 0 radical (unpaired) electrons. The summed E-state index contributed by atoms with van der Waals surface area (Å²) in [6.07, 6.45) is 3.37. The molecule has 168 valence electrons. The number of benzene rings is 3. The van der Waals surface area contributed by atoms with E-state index in [0.717, 1.165) is 21.9 Å². The number of para-hydroxylation sites is 2. The van der Waals surface area contributed by atoms with Crippen molar-refractivity contribution in [3.8, 4) is 0 Å². The van der Waals surface area contributed by atoms with E-state index < -0.39 is 5.91 Å². The van der Waals surface area contributed by atoms with Gasteiger partial charge in [0.2, 0.25) is 5.91 Å². The van der Waals surface area contributed by atoms with Crippen molar-refractivity contribution in [1.29, 1.82) is 0 Å². The predicted molar refractivity (Wildman–Crippen MR) is 133 cm³/mol. The Morgan fingerprint density at radius 1 is 1.00 bits per heavy atom. The van der Waals surface area contributed by atoms with Crippen LogP contribution in [0.4, 0.5) is 5.69 Å². The molecule has 8 heteroatoms. The molecule has 0 fully saturated rings. The first kappa shape index (κ1) is 21.5. The van der Waals surface area contributed by atoms with Crippen molar-refractivity contribution < 1.29 is 14.0 Å². The fourth-order valence-corrected chi connectivity index (χ4v) is 3.83. The quantitative estimate of drug-likeness (QED) is 0.256. The van der Waals surface area contributed by atoms with Crippen molar-refractivity contribution in [2.24, 2.45) is 5.10 Å². The number of aromatic nitrogens is 1. The van der Waals surface area contributed by atoms with Crippen molar-refractivity contribution in [3.63, 3.8) is 0 Å². The molecule has 0 aliphatic rings. The second kappa shape index (κ2) is 9.25. The average molecular weight is 471 g/mol. The smallest absolute Gasteiger partial charge is 0.307 e. The van der Waals surface area contributed by atoms with Gasteiger partial charge in [0.05, 0.1) is 6.21 Å². The first-order valence-electron chi connectivity index (χ1n) is 10.5. The van der Waals surface area contributed by atoms with Crippen LogP contribution in [0.15, 0.2) is 94.6 Å². The molecule has 0 saturated heterocycles. The Balaban J connectivity index is 1.31. The van der Waals surface area contributed by atoms with Crippen molar-refractivity contribution in [2.45, 2.75) is 6.54 Å². The van der Waals surface area contributed by atoms with E-state index in [1.54, 1.807) is 42.6 Å². The van der Waals surface area contributed by atoms with Gasteiger partial charge in [-0.1, -0.05) is 48.0 Å². The monoisotopic (exact) mass is 470 g/mol. The van der Waals surface area contributed by atoms with Crippen LogP contribution in [0.1, 0.15) is 16.1 Å². The molecular weight excluding hydrogens is 452 g/mol. The number of nitrogens with zero attached hydrogens (tertiary/aromatic N) is 2. The maximum atomic E-state index is 12.6. The molecule has 5 aromatic rings. The Hall–Kier alpha value is -4.36. The Bertz CT molecular complexity index is 1500. The van der Waals surface area contributed by atoms with Gasteiger partial charge < -0.3 is 14.3 Å². The van der Waals surface area contributed by atoms with Gasteiger partial charge in [-0.2, -0.15) is 5.10 Å². The number of carbonyl (C=O) groups is 2. The SMILES string of the molecule is O=C(Cn1cc(/C=N/NC(=O)c2cc3ccccc3o2)c2ccccc21)Nc1ccc(Cl)cc1. The highest BCUT2D eigenvalue weighted by molar-refractivity contribution is 6.30. The Kier molecular flexibility index (Phi) is 5.84. The van der Waals surface area contributed by atoms with Crippen LogP contribution < -0.4 is 10.7 Å². The predicted octanol–water partition coefficient (Wildman–Crippen LogP) is 5.44. The van der Waals surface area contributed by atoms with Crippen LogP contribution in [-0.2, 0) is 11.3 Å². The van der Waals surface area contributed by atoms with E-state index >= 15 is 0 Å². The summed E-state index contributed by atoms with van der Waals surface area (Å²) < 4.78 is 7.40. The van der Waals surface area contributed by atoms with Gasteiger partial charge in [0.1, 0.15) is 12.1 Å². The standard InChI is InChI=1S/C26H19ClN4O3/c27-19-9-11-20(12-10-19)29-25(32)16-31-15-18(21-6-2-3-7-22(21)31)14-28-30-26(33)24-13-17-5-1-4-8-23(17)34-24/h1-15H,16H2,(H,29,32)(H,30,33)/b28-14+. The lowest BCUT2D eigenvalue weighted by atomic mass is 10.2. The van der Waals surface area contributed by atoms with Gasteiger partial charge in [-0.15, -0.1) is 0 Å². The third kappa shape index (κ3) is 4.55. The molecular formula is C26H19ClN4O3. The van der Waals surface area contributed by atoms with Gasteiger partial charge in [-0.05, 0) is 42.5 Å². The first-order chi connectivity index (χ1) is 16.6. The van der Waals surface area contributed by atoms with Crippen LogP contribution in [0, 0.1) is 0 Å². The highest BCUT2D eigenvalue weighted by Crippen LogP contribution is 2.21. The first-order valence-corrected chi connectivity index (χ1v) is 10.9. The fraction of sp³-hybridized carbons (Fsp3) is 0.0385. The molecule has 0 aliphatic heterocycles. The molecule has 2 aromatic heterocycles. The zero-order chi connectivity index (χ0) is 23.5. The van der Waals surface area contributed by atoms with Crippen molar-refractivity contribution in [2.75, 3.05) is 5.32 Å². The molecule has 7 nitrogen and oxygen atoms in total. The van der Waals surface area contributed by atoms with Crippen LogP contribution in [-0.4, -0.2) is 22.6 Å². The minimum absolute atomic E-state index is 0.113. The molecule has 3 aromatic carbocycles. The molecule has 5 rings (SSSR count). The molecule has 2 amide bonds. The molecule has 0 atom stereocenters. The summed E-state index contributed by atoms with van der Waals surface area (Å²) in [6, 6.07) is 23.7. The number of nitrogens with one attached hydrogen (secondary N) is 2. The van der Waals surface area contributed by atoms with Crippen molar-refractivity contribution in [1.82, 2.24) is 9.99 Å². The van der Waals surface area contributed by atoms with Gasteiger partial charge >= 0.3 is 5.91 Å². The van der Waals surface area contributed by atoms with Crippen LogP contribution >= 0.6 is 11.6 Å². The summed E-state index contributed by atoms with van der Waals surface area (Å²) in [5, 5.41) is 9.31. The summed E-state index contributed by atoms with van der Waals surface area (Å²) in [5.41, 5.74) is 5.44. The highest BCUT2D eigenvalue weighted by atomic mass is 35.5. The molecule has 0 bridgehead atoms. The summed E-state index contributed by atoms with van der Waals surface area (Å²) in [5.74, 6) is -0.442. The molecule has 0 saturated carbocycles. The number of furan rings is 1. The van der Waals surface area contributed by atoms with E-state index in [2.05, 4.69) is 15.8 Å². The topological polar surface area (TPSA) is 88.6 Å². The number of hydrazone groups is 1. The number of amides is 2. The third-order valence-electron chi connectivity index (χ3n) is 5.28. The normalized spacial score (nSPS) is 11.3. The fourth-order valence-electron chi connectivity index (χ4n) is 3.71. The molecule has 0 spiro atoms. The van der Waals surface area contributed by atoms with Crippen LogP contribution in [0.5, 0.6) is 0 Å². The molecule has 2 heterocycles. The van der Waals surface area contributed by atoms with Gasteiger partial charge in [0.15, 0.2) is 5.76 Å². The third-order valence-corrected chi connectivity index (χ3v) is 5.53. The Labute approximate surface area is 199 Å². The number of fused-ring (bicyclic) bond motifs is 2. The maximum Gasteiger partial charge on any atom is 0.307 e. The Morgan fingerprint density at radius 3 is 2.59 bits per heavy atom. The number of hydrogen-bond donors (Lipinski definition) is 2. The number of halogens is 1. The lowest BCUT2D eigenvalue weighted by Gasteiger charge is -2.07. The lowest BCUT2D eigenvalue weighted by molar-refractivity contribution is -0.116. The van der Waals surface area contributed by atoms with E-state index in [1.807, 2.05) is 53.2 Å². The van der Waals surface area contributed by atoms with Gasteiger partial charge in [0.25, 0.3) is 0 Å². The minimum Gasteiger partial charge on any atom is -0.451 e. The van der Waals surface area contributed by atoms with Crippen molar-refractivity contribution in [3.05, 3.63) is 101 Å². The van der Waals surface area contributed by atoms with E-state index in [0.29, 0.717) is 16.3 Å². The highest BCUT2D eigenvalue weighted by Gasteiger charge is 2.13. The molecule has 0 unspecified atom stereocenters. The summed E-state index contributed by atoms with van der Waals surface area (Å²) in [4.78, 5) is 25.0. The van der Waals surface area contributed by atoms with E-state index in [1.165, 1.54) is 0 Å². The second-order valence-corrected chi connectivity index (χ2v) is 8.07. The summed E-state index contributed by atoms with van der Waals surface area (Å²) >= 11 is 5.90. The molecule has 0 aliphatic carbocycles. The van der Waals surface area contributed by atoms with E-state index in [-0.39, 0.29) is 18.2 Å². The van der Waals surface area contributed by atoms with Crippen LogP contribution in [0.2, 0.25) is 5.02 Å². The van der Waals surface area contributed by atoms with Gasteiger partial charge in [-0.25, -0.2) is 5.43 Å². The maximum absolute atomic E-state index is 12.6. The molecule has 2 N–H and O–H groups in total. The van der Waals surface area contributed by atoms with Crippen molar-refractivity contribution >= 4 is 57.2 Å². The van der Waals surface area contributed by atoms with Gasteiger partial charge in [-0.3, -0.25) is 9.59 Å². The molecule has 34 heavy (non-hydrogen) atoms. The average Bonchev–Trinajstić information content (AvgIpc) is 3.43. The summed E-state index contributed by atoms with van der Waals surface area (Å²) in [6.45, 7) is 0.113. The zero-order valence-corrected chi connectivity index (χ0v) is 18.6. The van der Waals surface area contributed by atoms with E-state index in [4.69, 9.17) is 16.0 Å². The van der Waals surface area contributed by atoms with E-state index in [9.17, 15) is 9.59 Å². The number of anilines is 1.